The fraction of sp³-hybridized carbons (Fsp3) is 0.812. The number of unbranched alkanes of at least 4 members (excludes halogenated alkanes) is 3. The van der Waals surface area contributed by atoms with Crippen LogP contribution in [0.1, 0.15) is 52.9 Å². The molecule has 0 aromatic rings. The molecule has 432 valence electrons. The summed E-state index contributed by atoms with van der Waals surface area (Å²) in [5, 5.41) is -0.582. The molecule has 2 rings (SSSR count). The molecular weight excluding hydrogens is 1170 g/mol. The first-order valence-corrected chi connectivity index (χ1v) is 33.0. The van der Waals surface area contributed by atoms with E-state index in [-0.39, 0.29) is 26.1 Å². The molecule has 1 fully saturated rings. The van der Waals surface area contributed by atoms with Gasteiger partial charge in [0.15, 0.2) is 0 Å². The fourth-order valence-electron chi connectivity index (χ4n) is 5.26. The Hall–Kier alpha value is -0.860. The van der Waals surface area contributed by atoms with Crippen molar-refractivity contribution in [1.29, 1.82) is 0 Å². The molecule has 4 amide bonds. The molecule has 1 saturated heterocycles. The summed E-state index contributed by atoms with van der Waals surface area (Å²) >= 11 is 1.30. The molecule has 34 nitrogen and oxygen atoms in total. The number of phosphoric acid groups is 7. The number of carbonyl (C=O) groups is 4. The van der Waals surface area contributed by atoms with Crippen molar-refractivity contribution in [2.24, 2.45) is 0 Å². The summed E-state index contributed by atoms with van der Waals surface area (Å²) < 4.78 is 148. The normalized spacial score (nSPS) is 21.2. The highest BCUT2D eigenvalue weighted by Gasteiger charge is 2.39. The van der Waals surface area contributed by atoms with Crippen LogP contribution >= 0.6 is 66.5 Å². The molecule has 0 saturated carbocycles. The monoisotopic (exact) mass is 1230 g/mol. The van der Waals surface area contributed by atoms with E-state index in [1.807, 2.05) is 0 Å². The maximum atomic E-state index is 12.7. The number of carbonyl (C=O) groups excluding carboxylic acids is 4. The van der Waals surface area contributed by atoms with Gasteiger partial charge in [0.2, 0.25) is 11.8 Å². The van der Waals surface area contributed by atoms with Crippen molar-refractivity contribution >= 4 is 90.1 Å². The van der Waals surface area contributed by atoms with Crippen LogP contribution < -0.4 is 0 Å². The van der Waals surface area contributed by atoms with Crippen molar-refractivity contribution in [3.63, 3.8) is 0 Å². The summed E-state index contributed by atoms with van der Waals surface area (Å²) in [5.41, 5.74) is -1.04. The van der Waals surface area contributed by atoms with Gasteiger partial charge >= 0.3 is 54.8 Å². The maximum absolute atomic E-state index is 12.7. The second-order valence-electron chi connectivity index (χ2n) is 15.3. The van der Waals surface area contributed by atoms with E-state index in [4.69, 9.17) is 9.05 Å². The van der Waals surface area contributed by atoms with Gasteiger partial charge < -0.3 is 34.3 Å². The largest absolute Gasteiger partial charge is 0.472 e. The SMILES string of the molecule is CC(C)(C)OP(=O)(O)OCCOP(=O)(O)OCCOP(=O)(O)OCCOP(=O)(O)OCCOP(=O)(O)OCCOP(=O)(O)OCCOP(=O)(O)OCCCCCCSC1CC(=O)N(CCN2C(=O)C=CC2=O)C1=O. The quantitative estimate of drug-likeness (QED) is 0.0262. The lowest BCUT2D eigenvalue weighted by atomic mass is 10.2. The second kappa shape index (κ2) is 32.4. The van der Waals surface area contributed by atoms with Crippen LogP contribution in [0.25, 0.3) is 0 Å². The van der Waals surface area contributed by atoms with Crippen molar-refractivity contribution < 1.29 is 149 Å². The van der Waals surface area contributed by atoms with E-state index in [0.29, 0.717) is 31.4 Å². The summed E-state index contributed by atoms with van der Waals surface area (Å²) in [5.74, 6) is -1.26. The number of thioether (sulfide) groups is 1. The van der Waals surface area contributed by atoms with Crippen molar-refractivity contribution in [2.45, 2.75) is 63.7 Å². The van der Waals surface area contributed by atoms with Crippen molar-refractivity contribution in [1.82, 2.24) is 9.80 Å². The Morgan fingerprint density at radius 1 is 0.446 bits per heavy atom. The Bertz CT molecular complexity index is 2200. The summed E-state index contributed by atoms with van der Waals surface area (Å²) in [4.78, 5) is 118. The lowest BCUT2D eigenvalue weighted by molar-refractivity contribution is -0.142. The third-order valence-electron chi connectivity index (χ3n) is 8.20. The maximum Gasteiger partial charge on any atom is 0.472 e. The number of phosphoric ester groups is 7. The minimum atomic E-state index is -4.91. The van der Waals surface area contributed by atoms with E-state index < -0.39 is 169 Å². The highest BCUT2D eigenvalue weighted by atomic mass is 32.2. The van der Waals surface area contributed by atoms with Crippen LogP contribution in [0.15, 0.2) is 12.2 Å². The molecule has 0 aromatic carbocycles. The molecule has 74 heavy (non-hydrogen) atoms. The minimum absolute atomic E-state index is 0.00233. The first kappa shape index (κ1) is 69.2. The number of hydrogen-bond acceptors (Lipinski definition) is 26. The highest BCUT2D eigenvalue weighted by molar-refractivity contribution is 8.00. The predicted octanol–water partition coefficient (Wildman–Crippen LogP) is 3.07. The summed E-state index contributed by atoms with van der Waals surface area (Å²) in [7, 11) is -33.4. The van der Waals surface area contributed by atoms with Crippen LogP contribution in [0.3, 0.4) is 0 Å². The molecule has 0 bridgehead atoms. The summed E-state index contributed by atoms with van der Waals surface area (Å²) in [6, 6.07) is 0. The van der Waals surface area contributed by atoms with Gasteiger partial charge in [-0.1, -0.05) is 12.8 Å². The van der Waals surface area contributed by atoms with E-state index >= 15 is 0 Å². The molecule has 7 N–H and O–H groups in total. The number of rotatable bonds is 43. The van der Waals surface area contributed by atoms with E-state index in [0.717, 1.165) is 22.0 Å². The van der Waals surface area contributed by atoms with Gasteiger partial charge in [0, 0.05) is 31.7 Å². The van der Waals surface area contributed by atoms with E-state index in [9.17, 15) is 85.4 Å². The van der Waals surface area contributed by atoms with E-state index in [1.165, 1.54) is 32.5 Å². The predicted molar refractivity (Wildman–Crippen MR) is 249 cm³/mol. The minimum Gasteiger partial charge on any atom is -0.302 e. The Balaban J connectivity index is 1.47. The van der Waals surface area contributed by atoms with E-state index in [1.54, 1.807) is 0 Å². The summed E-state index contributed by atoms with van der Waals surface area (Å²) in [6.45, 7) is -5.40. The van der Waals surface area contributed by atoms with Crippen LogP contribution in [0.2, 0.25) is 0 Å². The first-order valence-electron chi connectivity index (χ1n) is 21.5. The Kier molecular flexibility index (Phi) is 30.3. The molecule has 0 aromatic heterocycles. The Morgan fingerprint density at radius 3 is 1.05 bits per heavy atom. The lowest BCUT2D eigenvalue weighted by Gasteiger charge is -2.22. The van der Waals surface area contributed by atoms with Gasteiger partial charge in [-0.3, -0.25) is 92.3 Å². The van der Waals surface area contributed by atoms with Gasteiger partial charge in [-0.25, -0.2) is 32.0 Å². The number of likely N-dealkylation sites (tertiary alicyclic amines) is 1. The van der Waals surface area contributed by atoms with Gasteiger partial charge in [0.25, 0.3) is 11.8 Å². The van der Waals surface area contributed by atoms with Gasteiger partial charge in [0.05, 0.1) is 96.7 Å². The molecule has 2 aliphatic rings. The number of hydrogen-bond donors (Lipinski definition) is 7. The zero-order valence-electron chi connectivity index (χ0n) is 39.9. The number of imide groups is 2. The van der Waals surface area contributed by atoms with Gasteiger partial charge in [-0.05, 0) is 39.4 Å². The average molecular weight is 1230 g/mol. The van der Waals surface area contributed by atoms with Crippen LogP contribution in [0.4, 0.5) is 0 Å². The molecule has 2 heterocycles. The van der Waals surface area contributed by atoms with Crippen molar-refractivity contribution in [2.75, 3.05) is 105 Å². The first-order chi connectivity index (χ1) is 34.1. The lowest BCUT2D eigenvalue weighted by Crippen LogP contribution is -2.41. The molecule has 0 aliphatic carbocycles. The van der Waals surface area contributed by atoms with Crippen LogP contribution in [-0.2, 0) is 114 Å². The second-order valence-corrected chi connectivity index (χ2v) is 26.7. The van der Waals surface area contributed by atoms with Crippen LogP contribution in [0, 0.1) is 0 Å². The standard InChI is InChI=1S/C32H61N2O32P7S/c1-32(2,3)66-73(51,52)65-24-23-64-72(49,50)63-22-21-62-71(47,48)61-20-19-60-70(45,46)59-18-17-58-69(43,44)57-16-15-56-68(41,42)55-14-13-54-67(39,40)53-12-6-4-5-7-25-74-27-26-30(37)34(31(27)38)11-10-33-28(35)8-9-29(33)36/h8-9,27H,4-7,10-26H2,1-3H3,(H,39,40)(H,41,42)(H,43,44)(H,45,46)(H,47,48)(H,49,50)(H,51,52). The molecular formula is C32H61N2O32P7S. The third-order valence-corrected chi connectivity index (χ3v) is 16.9. The van der Waals surface area contributed by atoms with E-state index in [2.05, 4.69) is 54.3 Å². The molecule has 42 heteroatoms. The zero-order valence-corrected chi connectivity index (χ0v) is 46.9. The Labute approximate surface area is 428 Å². The smallest absolute Gasteiger partial charge is 0.302 e. The Morgan fingerprint density at radius 2 is 0.730 bits per heavy atom. The molecule has 2 aliphatic heterocycles. The molecule has 0 radical (unpaired) electrons. The number of amides is 4. The summed E-state index contributed by atoms with van der Waals surface area (Å²) in [6.07, 6.45) is 4.45. The van der Waals surface area contributed by atoms with Gasteiger partial charge in [-0.15, -0.1) is 11.8 Å². The van der Waals surface area contributed by atoms with Gasteiger partial charge in [-0.2, -0.15) is 0 Å². The number of nitrogens with zero attached hydrogens (tertiary/aromatic N) is 2. The topological polar surface area (TPSA) is 465 Å². The van der Waals surface area contributed by atoms with Crippen LogP contribution in [-0.4, -0.2) is 183 Å². The third kappa shape index (κ3) is 31.7. The highest BCUT2D eigenvalue weighted by Crippen LogP contribution is 2.50. The average Bonchev–Trinajstić information content (AvgIpc) is 3.74. The van der Waals surface area contributed by atoms with Gasteiger partial charge in [0.1, 0.15) is 0 Å². The fourth-order valence-corrected chi connectivity index (χ4v) is 11.7. The molecule has 8 atom stereocenters. The van der Waals surface area contributed by atoms with Crippen molar-refractivity contribution in [3.8, 4) is 0 Å². The van der Waals surface area contributed by atoms with Crippen molar-refractivity contribution in [3.05, 3.63) is 12.2 Å². The zero-order chi connectivity index (χ0) is 55.9. The van der Waals surface area contributed by atoms with Crippen LogP contribution in [0.5, 0.6) is 0 Å². The molecule has 8 unspecified atom stereocenters. The molecule has 0 spiro atoms.